The molecule has 2 aliphatic rings. The zero-order valence-electron chi connectivity index (χ0n) is 8.74. The molecule has 1 atom stereocenters. The minimum absolute atomic E-state index is 0.101. The highest BCUT2D eigenvalue weighted by Crippen LogP contribution is 2.43. The second-order valence-corrected chi connectivity index (χ2v) is 4.80. The SMILES string of the molecule is NCC1(C2CCCO2)CCC(O)CC1. The van der Waals surface area contributed by atoms with Gasteiger partial charge in [-0.25, -0.2) is 0 Å². The minimum Gasteiger partial charge on any atom is -0.393 e. The van der Waals surface area contributed by atoms with Gasteiger partial charge in [0, 0.05) is 18.6 Å². The second-order valence-electron chi connectivity index (χ2n) is 4.80. The van der Waals surface area contributed by atoms with Gasteiger partial charge in [-0.15, -0.1) is 0 Å². The Morgan fingerprint density at radius 2 is 2.00 bits per heavy atom. The quantitative estimate of drug-likeness (QED) is 0.699. The Bertz CT molecular complexity index is 182. The zero-order valence-corrected chi connectivity index (χ0v) is 8.74. The van der Waals surface area contributed by atoms with Gasteiger partial charge in [0.25, 0.3) is 0 Å². The lowest BCUT2D eigenvalue weighted by Crippen LogP contribution is -2.45. The molecule has 1 saturated heterocycles. The van der Waals surface area contributed by atoms with Gasteiger partial charge in [-0.2, -0.15) is 0 Å². The van der Waals surface area contributed by atoms with Gasteiger partial charge in [0.05, 0.1) is 12.2 Å². The monoisotopic (exact) mass is 199 g/mol. The lowest BCUT2D eigenvalue weighted by atomic mass is 9.69. The molecule has 1 unspecified atom stereocenters. The number of rotatable bonds is 2. The summed E-state index contributed by atoms with van der Waals surface area (Å²) in [6.45, 7) is 1.61. The molecule has 2 fully saturated rings. The Morgan fingerprint density at radius 3 is 2.50 bits per heavy atom. The van der Waals surface area contributed by atoms with Crippen LogP contribution >= 0.6 is 0 Å². The number of ether oxygens (including phenoxy) is 1. The molecule has 1 aliphatic heterocycles. The van der Waals surface area contributed by atoms with E-state index < -0.39 is 0 Å². The first-order chi connectivity index (χ1) is 6.77. The van der Waals surface area contributed by atoms with Crippen LogP contribution in [-0.2, 0) is 4.74 Å². The standard InChI is InChI=1S/C11H21NO2/c12-8-11(10-2-1-7-14-10)5-3-9(13)4-6-11/h9-10,13H,1-8,12H2. The van der Waals surface area contributed by atoms with E-state index in [9.17, 15) is 5.11 Å². The predicted octanol–water partition coefficient (Wildman–Crippen LogP) is 1.05. The molecule has 1 saturated carbocycles. The van der Waals surface area contributed by atoms with E-state index in [0.29, 0.717) is 12.6 Å². The van der Waals surface area contributed by atoms with Crippen molar-refractivity contribution < 1.29 is 9.84 Å². The molecule has 3 heteroatoms. The van der Waals surface area contributed by atoms with E-state index in [0.717, 1.165) is 38.7 Å². The summed E-state index contributed by atoms with van der Waals surface area (Å²) >= 11 is 0. The highest BCUT2D eigenvalue weighted by atomic mass is 16.5. The number of aliphatic hydroxyl groups is 1. The highest BCUT2D eigenvalue weighted by molar-refractivity contribution is 4.94. The molecule has 0 aromatic heterocycles. The molecule has 0 spiro atoms. The molecule has 82 valence electrons. The Morgan fingerprint density at radius 1 is 1.29 bits per heavy atom. The van der Waals surface area contributed by atoms with Crippen LogP contribution in [0.15, 0.2) is 0 Å². The van der Waals surface area contributed by atoms with Gasteiger partial charge in [-0.05, 0) is 38.5 Å². The van der Waals surface area contributed by atoms with Crippen molar-refractivity contribution in [3.63, 3.8) is 0 Å². The normalized spacial score (nSPS) is 44.1. The van der Waals surface area contributed by atoms with E-state index in [-0.39, 0.29) is 11.5 Å². The summed E-state index contributed by atoms with van der Waals surface area (Å²) < 4.78 is 5.76. The van der Waals surface area contributed by atoms with Crippen molar-refractivity contribution >= 4 is 0 Å². The van der Waals surface area contributed by atoms with Gasteiger partial charge >= 0.3 is 0 Å². The van der Waals surface area contributed by atoms with Crippen LogP contribution in [0.3, 0.4) is 0 Å². The molecule has 1 aliphatic carbocycles. The average Bonchev–Trinajstić information content (AvgIpc) is 2.73. The fourth-order valence-electron chi connectivity index (χ4n) is 2.90. The first-order valence-corrected chi connectivity index (χ1v) is 5.76. The van der Waals surface area contributed by atoms with Crippen LogP contribution in [0.1, 0.15) is 38.5 Å². The van der Waals surface area contributed by atoms with Gasteiger partial charge in [-0.3, -0.25) is 0 Å². The van der Waals surface area contributed by atoms with Gasteiger partial charge in [0.1, 0.15) is 0 Å². The molecule has 0 bridgehead atoms. The summed E-state index contributed by atoms with van der Waals surface area (Å²) in [7, 11) is 0. The van der Waals surface area contributed by atoms with Crippen molar-refractivity contribution in [1.29, 1.82) is 0 Å². The Kier molecular flexibility index (Phi) is 3.10. The van der Waals surface area contributed by atoms with Crippen LogP contribution in [-0.4, -0.2) is 30.5 Å². The van der Waals surface area contributed by atoms with Gasteiger partial charge in [0.2, 0.25) is 0 Å². The summed E-state index contributed by atoms with van der Waals surface area (Å²) in [6.07, 6.45) is 6.47. The van der Waals surface area contributed by atoms with Crippen LogP contribution in [0.25, 0.3) is 0 Å². The molecule has 2 rings (SSSR count). The van der Waals surface area contributed by atoms with Crippen molar-refractivity contribution in [2.75, 3.05) is 13.2 Å². The topological polar surface area (TPSA) is 55.5 Å². The zero-order chi connectivity index (χ0) is 10.0. The number of hydrogen-bond acceptors (Lipinski definition) is 3. The van der Waals surface area contributed by atoms with E-state index in [4.69, 9.17) is 10.5 Å². The van der Waals surface area contributed by atoms with Crippen LogP contribution in [0, 0.1) is 5.41 Å². The maximum atomic E-state index is 9.50. The van der Waals surface area contributed by atoms with E-state index in [1.54, 1.807) is 0 Å². The first-order valence-electron chi connectivity index (χ1n) is 5.76. The maximum absolute atomic E-state index is 9.50. The van der Waals surface area contributed by atoms with Crippen LogP contribution < -0.4 is 5.73 Å². The fraction of sp³-hybridized carbons (Fsp3) is 1.00. The van der Waals surface area contributed by atoms with Crippen molar-refractivity contribution in [1.82, 2.24) is 0 Å². The molecule has 0 radical (unpaired) electrons. The third-order valence-corrected chi connectivity index (χ3v) is 3.97. The number of hydrogen-bond donors (Lipinski definition) is 2. The summed E-state index contributed by atoms with van der Waals surface area (Å²) in [5.41, 5.74) is 6.08. The van der Waals surface area contributed by atoms with Gasteiger partial charge < -0.3 is 15.6 Å². The summed E-state index contributed by atoms with van der Waals surface area (Å²) in [5.74, 6) is 0. The first kappa shape index (κ1) is 10.4. The lowest BCUT2D eigenvalue weighted by Gasteiger charge is -2.42. The molecular formula is C11H21NO2. The summed E-state index contributed by atoms with van der Waals surface area (Å²) in [4.78, 5) is 0. The largest absolute Gasteiger partial charge is 0.393 e. The lowest BCUT2D eigenvalue weighted by molar-refractivity contribution is -0.0408. The Hall–Kier alpha value is -0.120. The molecule has 1 heterocycles. The maximum Gasteiger partial charge on any atom is 0.0644 e. The van der Waals surface area contributed by atoms with Gasteiger partial charge in [0.15, 0.2) is 0 Å². The van der Waals surface area contributed by atoms with E-state index in [2.05, 4.69) is 0 Å². The number of aliphatic hydroxyl groups excluding tert-OH is 1. The molecule has 0 amide bonds. The smallest absolute Gasteiger partial charge is 0.0644 e. The third kappa shape index (κ3) is 1.81. The van der Waals surface area contributed by atoms with Crippen molar-refractivity contribution in [3.05, 3.63) is 0 Å². The predicted molar refractivity (Wildman–Crippen MR) is 54.9 cm³/mol. The van der Waals surface area contributed by atoms with Crippen molar-refractivity contribution in [2.45, 2.75) is 50.7 Å². The molecule has 3 nitrogen and oxygen atoms in total. The fourth-order valence-corrected chi connectivity index (χ4v) is 2.90. The minimum atomic E-state index is -0.101. The van der Waals surface area contributed by atoms with Crippen molar-refractivity contribution in [3.8, 4) is 0 Å². The molecule has 14 heavy (non-hydrogen) atoms. The summed E-state index contributed by atoms with van der Waals surface area (Å²) in [5, 5.41) is 9.50. The molecule has 3 N–H and O–H groups in total. The molecule has 0 aromatic carbocycles. The third-order valence-electron chi connectivity index (χ3n) is 3.97. The van der Waals surface area contributed by atoms with E-state index in [1.165, 1.54) is 6.42 Å². The van der Waals surface area contributed by atoms with E-state index >= 15 is 0 Å². The highest BCUT2D eigenvalue weighted by Gasteiger charge is 2.42. The van der Waals surface area contributed by atoms with E-state index in [1.807, 2.05) is 0 Å². The van der Waals surface area contributed by atoms with Gasteiger partial charge in [-0.1, -0.05) is 0 Å². The summed E-state index contributed by atoms with van der Waals surface area (Å²) in [6, 6.07) is 0. The van der Waals surface area contributed by atoms with Crippen LogP contribution in [0.4, 0.5) is 0 Å². The average molecular weight is 199 g/mol. The second kappa shape index (κ2) is 4.17. The van der Waals surface area contributed by atoms with Crippen LogP contribution in [0.5, 0.6) is 0 Å². The number of nitrogens with two attached hydrogens (primary N) is 1. The van der Waals surface area contributed by atoms with Crippen LogP contribution in [0.2, 0.25) is 0 Å². The molecule has 0 aromatic rings. The van der Waals surface area contributed by atoms with Crippen molar-refractivity contribution in [2.24, 2.45) is 11.1 Å². The Balaban J connectivity index is 2.01. The molecular weight excluding hydrogens is 178 g/mol. The Labute approximate surface area is 85.6 Å².